The van der Waals surface area contributed by atoms with Crippen LogP contribution < -0.4 is 4.74 Å². The highest BCUT2D eigenvalue weighted by Gasteiger charge is 2.61. The molecule has 4 nitrogen and oxygen atoms in total. The van der Waals surface area contributed by atoms with Crippen molar-refractivity contribution in [2.75, 3.05) is 0 Å². The van der Waals surface area contributed by atoms with E-state index in [4.69, 9.17) is 32.7 Å². The molecule has 32 heavy (non-hydrogen) atoms. The van der Waals surface area contributed by atoms with Crippen molar-refractivity contribution in [2.24, 2.45) is 17.3 Å². The summed E-state index contributed by atoms with van der Waals surface area (Å²) in [6, 6.07) is 22.1. The summed E-state index contributed by atoms with van der Waals surface area (Å²) in [6.45, 7) is 4.16. The van der Waals surface area contributed by atoms with Crippen LogP contribution in [0.5, 0.6) is 11.6 Å². The smallest absolute Gasteiger partial charge is 0.310 e. The maximum atomic E-state index is 12.8. The number of para-hydroxylation sites is 1. The van der Waals surface area contributed by atoms with Gasteiger partial charge >= 0.3 is 5.97 Å². The third-order valence-electron chi connectivity index (χ3n) is 5.72. The fourth-order valence-electron chi connectivity index (χ4n) is 3.74. The molecule has 0 saturated heterocycles. The topological polar surface area (TPSA) is 48.4 Å². The molecule has 0 bridgehead atoms. The number of pyridine rings is 1. The van der Waals surface area contributed by atoms with Gasteiger partial charge in [0.15, 0.2) is 0 Å². The summed E-state index contributed by atoms with van der Waals surface area (Å²) in [5, 5.41) is 1.25. The molecule has 6 heteroatoms. The largest absolute Gasteiger partial charge is 0.459 e. The Bertz CT molecular complexity index is 1130. The minimum absolute atomic E-state index is 0.00103. The number of ether oxygens (including phenoxy) is 2. The molecular formula is C26H23Cl2NO3. The molecule has 0 N–H and O–H groups in total. The van der Waals surface area contributed by atoms with Gasteiger partial charge in [-0.25, -0.2) is 4.98 Å². The average Bonchev–Trinajstić information content (AvgIpc) is 3.33. The number of nitrogens with zero attached hydrogens (tertiary/aromatic N) is 1. The highest BCUT2D eigenvalue weighted by Crippen LogP contribution is 2.60. The Hall–Kier alpha value is -2.82. The fraction of sp³-hybridized carbons (Fsp3) is 0.231. The van der Waals surface area contributed by atoms with E-state index in [1.807, 2.05) is 68.5 Å². The highest BCUT2D eigenvalue weighted by molar-refractivity contribution is 6.48. The summed E-state index contributed by atoms with van der Waals surface area (Å²) < 4.78 is 11.3. The van der Waals surface area contributed by atoms with E-state index in [-0.39, 0.29) is 29.8 Å². The zero-order valence-corrected chi connectivity index (χ0v) is 19.3. The van der Waals surface area contributed by atoms with Gasteiger partial charge < -0.3 is 9.47 Å². The van der Waals surface area contributed by atoms with Crippen LogP contribution in [0.2, 0.25) is 5.02 Å². The zero-order chi connectivity index (χ0) is 22.7. The van der Waals surface area contributed by atoms with E-state index in [0.717, 1.165) is 5.56 Å². The monoisotopic (exact) mass is 467 g/mol. The van der Waals surface area contributed by atoms with Gasteiger partial charge in [-0.15, -0.1) is 0 Å². The number of benzene rings is 2. The first-order valence-electron chi connectivity index (χ1n) is 10.3. The van der Waals surface area contributed by atoms with Crippen LogP contribution in [0.3, 0.4) is 0 Å². The summed E-state index contributed by atoms with van der Waals surface area (Å²) >= 11 is 12.4. The fourth-order valence-corrected chi connectivity index (χ4v) is 4.13. The predicted molar refractivity (Wildman–Crippen MR) is 127 cm³/mol. The SMILES string of the molecule is CC1(C)[C@H](C=C(Cl)c2ccc(Cl)cc2)[C@H]1C(=O)OCc1cccc(Oc2ccccc2)n1. The van der Waals surface area contributed by atoms with Crippen molar-refractivity contribution in [3.63, 3.8) is 0 Å². The number of hydrogen-bond acceptors (Lipinski definition) is 4. The molecule has 3 aromatic rings. The predicted octanol–water partition coefficient (Wildman–Crippen LogP) is 7.12. The molecule has 1 fully saturated rings. The Morgan fingerprint density at radius 2 is 1.75 bits per heavy atom. The van der Waals surface area contributed by atoms with Crippen molar-refractivity contribution in [1.82, 2.24) is 4.98 Å². The number of carbonyl (C=O) groups is 1. The van der Waals surface area contributed by atoms with Crippen LogP contribution in [0.25, 0.3) is 5.03 Å². The van der Waals surface area contributed by atoms with Crippen molar-refractivity contribution in [1.29, 1.82) is 0 Å². The van der Waals surface area contributed by atoms with Crippen molar-refractivity contribution < 1.29 is 14.3 Å². The maximum Gasteiger partial charge on any atom is 0.310 e. The average molecular weight is 468 g/mol. The van der Waals surface area contributed by atoms with Crippen molar-refractivity contribution >= 4 is 34.2 Å². The Kier molecular flexibility index (Phi) is 6.54. The second-order valence-electron chi connectivity index (χ2n) is 8.34. The molecule has 2 atom stereocenters. The number of hydrogen-bond donors (Lipinski definition) is 0. The van der Waals surface area contributed by atoms with E-state index in [2.05, 4.69) is 4.98 Å². The molecule has 0 amide bonds. The van der Waals surface area contributed by atoms with Gasteiger partial charge in [-0.3, -0.25) is 4.79 Å². The van der Waals surface area contributed by atoms with Gasteiger partial charge in [0.2, 0.25) is 5.88 Å². The number of halogens is 2. The Balaban J connectivity index is 1.37. The van der Waals surface area contributed by atoms with Crippen LogP contribution >= 0.6 is 23.2 Å². The third kappa shape index (κ3) is 5.14. The molecule has 0 spiro atoms. The standard InChI is InChI=1S/C26H23Cl2NO3/c1-26(2)21(15-22(28)17-11-13-18(27)14-12-17)24(26)25(30)31-16-19-7-6-10-23(29-19)32-20-8-4-3-5-9-20/h3-15,21,24H,16H2,1-2H3/t21-,24+/m1/s1. The van der Waals surface area contributed by atoms with E-state index in [9.17, 15) is 4.79 Å². The van der Waals surface area contributed by atoms with Crippen LogP contribution in [-0.4, -0.2) is 11.0 Å². The van der Waals surface area contributed by atoms with Gasteiger partial charge in [-0.1, -0.05) is 79.5 Å². The second kappa shape index (κ2) is 9.35. The molecular weight excluding hydrogens is 445 g/mol. The first-order valence-corrected chi connectivity index (χ1v) is 11.1. The molecule has 2 aromatic carbocycles. The quantitative estimate of drug-likeness (QED) is 0.347. The Morgan fingerprint density at radius 1 is 1.03 bits per heavy atom. The number of esters is 1. The Morgan fingerprint density at radius 3 is 2.47 bits per heavy atom. The number of carbonyl (C=O) groups excluding carboxylic acids is 1. The highest BCUT2D eigenvalue weighted by atomic mass is 35.5. The lowest BCUT2D eigenvalue weighted by Crippen LogP contribution is -2.11. The minimum atomic E-state index is -0.257. The first-order chi connectivity index (χ1) is 15.3. The summed E-state index contributed by atoms with van der Waals surface area (Å²) in [4.78, 5) is 17.2. The van der Waals surface area contributed by atoms with E-state index in [0.29, 0.717) is 27.4 Å². The van der Waals surface area contributed by atoms with Crippen LogP contribution in [0.4, 0.5) is 0 Å². The summed E-state index contributed by atoms with van der Waals surface area (Å²) in [6.07, 6.45) is 1.93. The van der Waals surface area contributed by atoms with Crippen LogP contribution in [0.15, 0.2) is 78.9 Å². The normalized spacial score (nSPS) is 19.3. The lowest BCUT2D eigenvalue weighted by Gasteiger charge is -2.08. The van der Waals surface area contributed by atoms with E-state index < -0.39 is 0 Å². The van der Waals surface area contributed by atoms with Gasteiger partial charge in [0.1, 0.15) is 12.4 Å². The molecule has 0 radical (unpaired) electrons. The second-order valence-corrected chi connectivity index (χ2v) is 9.18. The van der Waals surface area contributed by atoms with Crippen molar-refractivity contribution in [3.8, 4) is 11.6 Å². The molecule has 1 heterocycles. The van der Waals surface area contributed by atoms with Crippen LogP contribution in [0.1, 0.15) is 25.1 Å². The molecule has 0 aliphatic heterocycles. The molecule has 4 rings (SSSR count). The van der Waals surface area contributed by atoms with E-state index >= 15 is 0 Å². The van der Waals surface area contributed by atoms with Gasteiger partial charge in [0, 0.05) is 16.1 Å². The van der Waals surface area contributed by atoms with E-state index in [1.165, 1.54) is 0 Å². The molecule has 1 aliphatic rings. The molecule has 1 aliphatic carbocycles. The summed E-state index contributed by atoms with van der Waals surface area (Å²) in [5.74, 6) is 0.632. The first kappa shape index (κ1) is 22.4. The van der Waals surface area contributed by atoms with Gasteiger partial charge in [0.05, 0.1) is 11.6 Å². The number of aromatic nitrogens is 1. The van der Waals surface area contributed by atoms with Crippen molar-refractivity contribution in [2.45, 2.75) is 20.5 Å². The lowest BCUT2D eigenvalue weighted by atomic mass is 10.1. The molecule has 164 valence electrons. The van der Waals surface area contributed by atoms with E-state index in [1.54, 1.807) is 24.3 Å². The third-order valence-corrected chi connectivity index (χ3v) is 6.32. The van der Waals surface area contributed by atoms with Crippen molar-refractivity contribution in [3.05, 3.63) is 95.2 Å². The zero-order valence-electron chi connectivity index (χ0n) is 17.8. The Labute approximate surface area is 197 Å². The maximum absolute atomic E-state index is 12.8. The molecule has 1 saturated carbocycles. The lowest BCUT2D eigenvalue weighted by molar-refractivity contribution is -0.147. The summed E-state index contributed by atoms with van der Waals surface area (Å²) in [5.41, 5.74) is 1.26. The number of allylic oxidation sites excluding steroid dienone is 1. The van der Waals surface area contributed by atoms with Gasteiger partial charge in [-0.2, -0.15) is 0 Å². The van der Waals surface area contributed by atoms with Crippen LogP contribution in [0, 0.1) is 17.3 Å². The van der Waals surface area contributed by atoms with Crippen LogP contribution in [-0.2, 0) is 16.1 Å². The molecule has 1 aromatic heterocycles. The summed E-state index contributed by atoms with van der Waals surface area (Å²) in [7, 11) is 0. The number of rotatable bonds is 7. The molecule has 0 unspecified atom stereocenters. The van der Waals surface area contributed by atoms with Gasteiger partial charge in [0.25, 0.3) is 0 Å². The minimum Gasteiger partial charge on any atom is -0.459 e. The van der Waals surface area contributed by atoms with Gasteiger partial charge in [-0.05, 0) is 47.2 Å².